The van der Waals surface area contributed by atoms with Crippen molar-refractivity contribution in [2.24, 2.45) is 0 Å². The Bertz CT molecular complexity index is 1010. The summed E-state index contributed by atoms with van der Waals surface area (Å²) in [5.74, 6) is -1.57. The highest BCUT2D eigenvalue weighted by atomic mass is 19.1. The van der Waals surface area contributed by atoms with Gasteiger partial charge in [-0.05, 0) is 43.2 Å². The molecule has 8 heteroatoms. The minimum absolute atomic E-state index is 0.179. The number of carbonyl (C=O) groups is 1. The molecule has 1 amide bonds. The van der Waals surface area contributed by atoms with Crippen molar-refractivity contribution in [2.75, 3.05) is 6.61 Å². The summed E-state index contributed by atoms with van der Waals surface area (Å²) < 4.78 is 21.2. The molecule has 4 rings (SSSR count). The van der Waals surface area contributed by atoms with Crippen molar-refractivity contribution >= 4 is 5.91 Å². The third-order valence-corrected chi connectivity index (χ3v) is 5.38. The van der Waals surface area contributed by atoms with Crippen LogP contribution in [0, 0.1) is 5.82 Å². The van der Waals surface area contributed by atoms with E-state index in [1.54, 1.807) is 0 Å². The summed E-state index contributed by atoms with van der Waals surface area (Å²) in [4.78, 5) is 37.4. The van der Waals surface area contributed by atoms with E-state index in [4.69, 9.17) is 4.74 Å². The molecule has 148 valence electrons. The summed E-state index contributed by atoms with van der Waals surface area (Å²) in [5, 5.41) is 2.89. The van der Waals surface area contributed by atoms with Crippen molar-refractivity contribution in [3.8, 4) is 0 Å². The van der Waals surface area contributed by atoms with Crippen LogP contribution in [0.2, 0.25) is 0 Å². The summed E-state index contributed by atoms with van der Waals surface area (Å²) in [7, 11) is 0. The summed E-state index contributed by atoms with van der Waals surface area (Å²) in [6.07, 6.45) is 4.24. The molecule has 1 aromatic heterocycles. The van der Waals surface area contributed by atoms with Crippen LogP contribution >= 0.6 is 0 Å². The first-order valence-electron chi connectivity index (χ1n) is 9.55. The Labute approximate surface area is 160 Å². The van der Waals surface area contributed by atoms with Gasteiger partial charge in [0, 0.05) is 6.61 Å². The smallest absolute Gasteiger partial charge is 0.333 e. The molecule has 0 spiro atoms. The van der Waals surface area contributed by atoms with E-state index in [1.165, 1.54) is 5.56 Å². The summed E-state index contributed by atoms with van der Waals surface area (Å²) >= 11 is 0. The maximum atomic E-state index is 14.1. The van der Waals surface area contributed by atoms with E-state index in [-0.39, 0.29) is 6.04 Å². The molecule has 0 saturated carbocycles. The van der Waals surface area contributed by atoms with Crippen LogP contribution in [0.4, 0.5) is 4.39 Å². The number of aryl methyl sites for hydroxylation is 1. The van der Waals surface area contributed by atoms with Crippen molar-refractivity contribution in [1.82, 2.24) is 14.5 Å². The fourth-order valence-electron chi connectivity index (χ4n) is 4.00. The topological polar surface area (TPSA) is 82.3 Å². The van der Waals surface area contributed by atoms with Gasteiger partial charge >= 0.3 is 5.69 Å². The van der Waals surface area contributed by atoms with Gasteiger partial charge in [0.2, 0.25) is 11.7 Å². The van der Waals surface area contributed by atoms with Gasteiger partial charge in [0.1, 0.15) is 12.8 Å². The molecule has 1 aromatic carbocycles. The number of halogens is 1. The Hall–Kier alpha value is -2.74. The lowest BCUT2D eigenvalue weighted by molar-refractivity contribution is -0.122. The van der Waals surface area contributed by atoms with E-state index in [0.29, 0.717) is 17.6 Å². The molecule has 0 bridgehead atoms. The van der Waals surface area contributed by atoms with Crippen molar-refractivity contribution in [2.45, 2.75) is 50.9 Å². The number of hydrogen-bond acceptors (Lipinski definition) is 4. The molecule has 2 aliphatic rings. The van der Waals surface area contributed by atoms with Crippen molar-refractivity contribution < 1.29 is 13.9 Å². The maximum Gasteiger partial charge on any atom is 0.333 e. The van der Waals surface area contributed by atoms with Crippen LogP contribution in [0.5, 0.6) is 0 Å². The van der Waals surface area contributed by atoms with Crippen LogP contribution in [-0.2, 0) is 22.5 Å². The fraction of sp³-hybridized carbons (Fsp3) is 0.450. The Morgan fingerprint density at radius 2 is 2.04 bits per heavy atom. The highest BCUT2D eigenvalue weighted by Gasteiger charge is 2.25. The zero-order valence-electron chi connectivity index (χ0n) is 15.4. The van der Waals surface area contributed by atoms with E-state index < -0.39 is 35.7 Å². The van der Waals surface area contributed by atoms with Gasteiger partial charge in [-0.3, -0.25) is 14.2 Å². The number of aromatic nitrogens is 2. The number of carbonyl (C=O) groups excluding carboxylic acids is 1. The van der Waals surface area contributed by atoms with E-state index >= 15 is 0 Å². The second-order valence-electron chi connectivity index (χ2n) is 7.24. The number of amides is 1. The zero-order valence-corrected chi connectivity index (χ0v) is 15.4. The molecule has 1 aliphatic carbocycles. The predicted octanol–water partition coefficient (Wildman–Crippen LogP) is 1.65. The largest absolute Gasteiger partial charge is 0.358 e. The molecule has 1 N–H and O–H groups in total. The Morgan fingerprint density at radius 1 is 1.21 bits per heavy atom. The van der Waals surface area contributed by atoms with Gasteiger partial charge in [-0.25, -0.2) is 9.36 Å². The van der Waals surface area contributed by atoms with Crippen LogP contribution in [0.3, 0.4) is 0 Å². The number of ether oxygens (including phenoxy) is 1. The van der Waals surface area contributed by atoms with Gasteiger partial charge in [0.25, 0.3) is 5.56 Å². The third kappa shape index (κ3) is 3.52. The molecular formula is C20H22FN3O4. The highest BCUT2D eigenvalue weighted by Crippen LogP contribution is 2.29. The maximum absolute atomic E-state index is 14.1. The Balaban J connectivity index is 1.57. The van der Waals surface area contributed by atoms with Crippen LogP contribution in [0.1, 0.15) is 49.1 Å². The van der Waals surface area contributed by atoms with Crippen LogP contribution in [0.25, 0.3) is 0 Å². The van der Waals surface area contributed by atoms with Gasteiger partial charge in [0.05, 0.1) is 12.2 Å². The van der Waals surface area contributed by atoms with E-state index in [0.717, 1.165) is 42.0 Å². The van der Waals surface area contributed by atoms with E-state index in [9.17, 15) is 18.8 Å². The number of benzene rings is 1. The quantitative estimate of drug-likeness (QED) is 0.865. The first kappa shape index (κ1) is 18.6. The summed E-state index contributed by atoms with van der Waals surface area (Å²) in [5.41, 5.74) is 0.393. The second-order valence-corrected chi connectivity index (χ2v) is 7.24. The number of rotatable bonds is 4. The third-order valence-electron chi connectivity index (χ3n) is 5.38. The minimum atomic E-state index is -1.10. The lowest BCUT2D eigenvalue weighted by atomic mass is 9.88. The van der Waals surface area contributed by atoms with Gasteiger partial charge in [-0.2, -0.15) is 4.39 Å². The lowest BCUT2D eigenvalue weighted by Crippen LogP contribution is -2.46. The van der Waals surface area contributed by atoms with Crippen LogP contribution in [0.15, 0.2) is 40.1 Å². The molecule has 0 radical (unpaired) electrons. The molecule has 1 aliphatic heterocycles. The average Bonchev–Trinajstić information content (AvgIpc) is 3.23. The predicted molar refractivity (Wildman–Crippen MR) is 99.4 cm³/mol. The van der Waals surface area contributed by atoms with Gasteiger partial charge in [-0.15, -0.1) is 0 Å². The lowest BCUT2D eigenvalue weighted by Gasteiger charge is -2.26. The summed E-state index contributed by atoms with van der Waals surface area (Å²) in [6.45, 7) is -0.0553. The Kier molecular flexibility index (Phi) is 5.13. The van der Waals surface area contributed by atoms with Crippen LogP contribution in [-0.4, -0.2) is 21.6 Å². The average molecular weight is 387 g/mol. The van der Waals surface area contributed by atoms with Crippen molar-refractivity contribution in [3.63, 3.8) is 0 Å². The first-order valence-corrected chi connectivity index (χ1v) is 9.55. The molecule has 2 atom stereocenters. The second kappa shape index (κ2) is 7.71. The van der Waals surface area contributed by atoms with Crippen molar-refractivity contribution in [3.05, 3.63) is 68.2 Å². The normalized spacial score (nSPS) is 21.3. The van der Waals surface area contributed by atoms with E-state index in [2.05, 4.69) is 5.32 Å². The standard InChI is InChI=1S/C20H22FN3O4/c21-15-11-23(18-9-4-10-28-18)20(27)24(19(15)26)12-17(25)22-16-8-3-6-13-5-1-2-7-14(13)16/h1-2,5,7,11,16,18H,3-4,6,8-10,12H2,(H,22,25)/t16-,18-/m1/s1. The number of hydrogen-bond donors (Lipinski definition) is 1. The summed E-state index contributed by atoms with van der Waals surface area (Å²) in [6, 6.07) is 7.70. The zero-order chi connectivity index (χ0) is 19.7. The molecule has 2 heterocycles. The number of nitrogens with one attached hydrogen (secondary N) is 1. The molecule has 0 unspecified atom stereocenters. The van der Waals surface area contributed by atoms with Crippen molar-refractivity contribution in [1.29, 1.82) is 0 Å². The molecular weight excluding hydrogens is 365 g/mol. The van der Waals surface area contributed by atoms with Crippen LogP contribution < -0.4 is 16.6 Å². The monoisotopic (exact) mass is 387 g/mol. The fourth-order valence-corrected chi connectivity index (χ4v) is 4.00. The molecule has 1 saturated heterocycles. The molecule has 28 heavy (non-hydrogen) atoms. The van der Waals surface area contributed by atoms with E-state index in [1.807, 2.05) is 24.3 Å². The number of fused-ring (bicyclic) bond motifs is 1. The first-order chi connectivity index (χ1) is 13.5. The minimum Gasteiger partial charge on any atom is -0.358 e. The molecule has 2 aromatic rings. The van der Waals surface area contributed by atoms with Gasteiger partial charge in [-0.1, -0.05) is 24.3 Å². The van der Waals surface area contributed by atoms with Gasteiger partial charge in [0.15, 0.2) is 0 Å². The Morgan fingerprint density at radius 3 is 2.82 bits per heavy atom. The highest BCUT2D eigenvalue weighted by molar-refractivity contribution is 5.76. The SMILES string of the molecule is O=C(Cn1c(=O)c(F)cn([C@H]2CCCO2)c1=O)N[C@@H]1CCCc2ccccc21. The van der Waals surface area contributed by atoms with Gasteiger partial charge < -0.3 is 10.1 Å². The molecule has 7 nitrogen and oxygen atoms in total. The number of nitrogens with zero attached hydrogens (tertiary/aromatic N) is 2. The molecule has 1 fully saturated rings.